The van der Waals surface area contributed by atoms with E-state index in [9.17, 15) is 0 Å². The van der Waals surface area contributed by atoms with E-state index in [1.54, 1.807) is 0 Å². The summed E-state index contributed by atoms with van der Waals surface area (Å²) in [6, 6.07) is 0. The molecule has 0 amide bonds. The molecule has 1 nitrogen and oxygen atoms in total. The Bertz CT molecular complexity index is 29.5. The van der Waals surface area contributed by atoms with Crippen LogP contribution in [0.2, 0.25) is 0 Å². The predicted molar refractivity (Wildman–Crippen MR) is 12.8 cm³/mol. The van der Waals surface area contributed by atoms with Crippen LogP contribution in [0.25, 0.3) is 0 Å². The monoisotopic (exact) mass is 114 g/mol. The zero-order valence-electron chi connectivity index (χ0n) is 1.65. The van der Waals surface area contributed by atoms with Crippen LogP contribution in [-0.4, -0.2) is 29.6 Å². The first-order valence-corrected chi connectivity index (χ1v) is 2.06. The first-order valence-electron chi connectivity index (χ1n) is 0.577. The van der Waals surface area contributed by atoms with Gasteiger partial charge in [0.15, 0.2) is 0 Å². The number of hydrogen-bond acceptors (Lipinski definition) is 1. The van der Waals surface area contributed by atoms with Crippen LogP contribution < -0.4 is 0 Å². The fourth-order valence-corrected chi connectivity index (χ4v) is 0. The first-order chi connectivity index (χ1) is 1.41. The van der Waals surface area contributed by atoms with Crippen molar-refractivity contribution in [2.24, 2.45) is 0 Å². The van der Waals surface area contributed by atoms with Crippen molar-refractivity contribution in [2.45, 2.75) is 0 Å². The Balaban J connectivity index is 0. The predicted octanol–water partition coefficient (Wildman–Crippen LogP) is -0.634. The van der Waals surface area contributed by atoms with Crippen molar-refractivity contribution in [3.05, 3.63) is 0 Å². The van der Waals surface area contributed by atoms with Crippen LogP contribution in [0.15, 0.2) is 0 Å². The average Bonchev–Trinajstić information content (AvgIpc) is 0.918. The zero-order valence-corrected chi connectivity index (χ0v) is 4.62. The molecule has 0 aliphatic heterocycles. The second kappa shape index (κ2) is 8.93. The molecule has 0 rings (SSSR count). The second-order valence-corrected chi connectivity index (χ2v) is 0.822. The number of nitrogens with zero attached hydrogens (tertiary/aromatic N) is 1. The SMILES string of the molecule is N#[C][Zn].[NaH]. The van der Waals surface area contributed by atoms with Gasteiger partial charge >= 0.3 is 57.8 Å². The quantitative estimate of drug-likeness (QED) is 0.386. The van der Waals surface area contributed by atoms with E-state index in [-0.39, 0.29) is 29.6 Å². The summed E-state index contributed by atoms with van der Waals surface area (Å²) in [7, 11) is 0. The molecule has 0 radical (unpaired) electrons. The molecule has 0 aliphatic carbocycles. The molecular weight excluding hydrogens is 114 g/mol. The summed E-state index contributed by atoms with van der Waals surface area (Å²) in [5.41, 5.74) is 0. The van der Waals surface area contributed by atoms with Crippen LogP contribution in [0, 0.1) is 9.93 Å². The van der Waals surface area contributed by atoms with E-state index in [1.807, 2.05) is 4.66 Å². The molecule has 0 N–H and O–H groups in total. The minimum absolute atomic E-state index is 0. The molecule has 13 valence electrons. The third kappa shape index (κ3) is 11.2. The van der Waals surface area contributed by atoms with E-state index in [0.717, 1.165) is 18.3 Å². The Morgan fingerprint density at radius 1 is 1.75 bits per heavy atom. The molecule has 0 fully saturated rings. The van der Waals surface area contributed by atoms with Crippen LogP contribution in [-0.2, 0) is 18.3 Å². The van der Waals surface area contributed by atoms with Crippen LogP contribution in [0.3, 0.4) is 0 Å². The van der Waals surface area contributed by atoms with E-state index < -0.39 is 0 Å². The van der Waals surface area contributed by atoms with Gasteiger partial charge in [0.05, 0.1) is 0 Å². The van der Waals surface area contributed by atoms with Crippen molar-refractivity contribution in [1.82, 2.24) is 0 Å². The zero-order chi connectivity index (χ0) is 2.71. The van der Waals surface area contributed by atoms with Crippen molar-refractivity contribution in [1.29, 1.82) is 5.26 Å². The van der Waals surface area contributed by atoms with Crippen molar-refractivity contribution >= 4 is 29.6 Å². The van der Waals surface area contributed by atoms with Gasteiger partial charge in [-0.05, 0) is 0 Å². The molecule has 0 aromatic rings. The van der Waals surface area contributed by atoms with Gasteiger partial charge in [0.1, 0.15) is 0 Å². The third-order valence-electron chi connectivity index (χ3n) is 0. The van der Waals surface area contributed by atoms with E-state index >= 15 is 0 Å². The molecule has 0 heterocycles. The second-order valence-electron chi connectivity index (χ2n) is 0.158. The summed E-state index contributed by atoms with van der Waals surface area (Å²) in [5.74, 6) is 0. The molecule has 0 saturated carbocycles. The fourth-order valence-electron chi connectivity index (χ4n) is 0. The molecular formula is CHNNaZn. The molecule has 0 saturated heterocycles. The Hall–Kier alpha value is 1.11. The Morgan fingerprint density at radius 3 is 1.75 bits per heavy atom. The van der Waals surface area contributed by atoms with Crippen molar-refractivity contribution in [2.75, 3.05) is 0 Å². The van der Waals surface area contributed by atoms with E-state index in [0.29, 0.717) is 0 Å². The molecule has 3 heteroatoms. The first kappa shape index (κ1) is 8.93. The Morgan fingerprint density at radius 2 is 1.75 bits per heavy atom. The maximum atomic E-state index is 7.38. The maximum absolute atomic E-state index is 7.38. The standard InChI is InChI=1S/CN.Na.Zn.H/c1-2;;;. The van der Waals surface area contributed by atoms with Gasteiger partial charge < -0.3 is 0 Å². The van der Waals surface area contributed by atoms with Gasteiger partial charge in [-0.3, -0.25) is 0 Å². The normalized spacial score (nSPS) is 2.25. The van der Waals surface area contributed by atoms with Crippen molar-refractivity contribution in [3.8, 4) is 4.66 Å². The van der Waals surface area contributed by atoms with Gasteiger partial charge in [0.2, 0.25) is 0 Å². The molecule has 0 atom stereocenters. The van der Waals surface area contributed by atoms with Crippen LogP contribution in [0.5, 0.6) is 0 Å². The summed E-state index contributed by atoms with van der Waals surface area (Å²) in [6.07, 6.45) is 0. The summed E-state index contributed by atoms with van der Waals surface area (Å²) in [6.45, 7) is 0. The van der Waals surface area contributed by atoms with E-state index in [2.05, 4.69) is 0 Å². The molecule has 0 bridgehead atoms. The van der Waals surface area contributed by atoms with Crippen LogP contribution >= 0.6 is 0 Å². The topological polar surface area (TPSA) is 23.8 Å². The fraction of sp³-hybridized carbons (Fsp3) is 0. The molecule has 0 aromatic heterocycles. The van der Waals surface area contributed by atoms with Crippen molar-refractivity contribution in [3.63, 3.8) is 0 Å². The number of nitriles is 1. The Kier molecular flexibility index (Phi) is 19.9. The van der Waals surface area contributed by atoms with Gasteiger partial charge in [0.25, 0.3) is 0 Å². The van der Waals surface area contributed by atoms with E-state index in [4.69, 9.17) is 5.26 Å². The summed E-state index contributed by atoms with van der Waals surface area (Å²) < 4.78 is 1.88. The number of rotatable bonds is 0. The third-order valence-corrected chi connectivity index (χ3v) is 0. The average molecular weight is 115 g/mol. The van der Waals surface area contributed by atoms with Gasteiger partial charge in [0, 0.05) is 0 Å². The summed E-state index contributed by atoms with van der Waals surface area (Å²) >= 11 is 0.750. The minimum atomic E-state index is 0. The van der Waals surface area contributed by atoms with Gasteiger partial charge in [-0.1, -0.05) is 0 Å². The Labute approximate surface area is 57.3 Å². The number of hydrogen-bond donors (Lipinski definition) is 0. The molecule has 4 heavy (non-hydrogen) atoms. The molecule has 0 aliphatic rings. The van der Waals surface area contributed by atoms with Gasteiger partial charge in [-0.2, -0.15) is 0 Å². The molecule has 0 unspecified atom stereocenters. The van der Waals surface area contributed by atoms with Crippen molar-refractivity contribution < 1.29 is 18.3 Å². The molecule has 0 spiro atoms. The molecule has 0 aromatic carbocycles. The van der Waals surface area contributed by atoms with Gasteiger partial charge in [-0.25, -0.2) is 0 Å². The van der Waals surface area contributed by atoms with Crippen LogP contribution in [0.4, 0.5) is 0 Å². The summed E-state index contributed by atoms with van der Waals surface area (Å²) in [4.78, 5) is 0. The van der Waals surface area contributed by atoms with Gasteiger partial charge in [-0.15, -0.1) is 0 Å². The van der Waals surface area contributed by atoms with E-state index in [1.165, 1.54) is 0 Å². The summed E-state index contributed by atoms with van der Waals surface area (Å²) in [5, 5.41) is 7.38. The van der Waals surface area contributed by atoms with Crippen LogP contribution in [0.1, 0.15) is 0 Å².